The van der Waals surface area contributed by atoms with Gasteiger partial charge in [-0.3, -0.25) is 0 Å². The molecule has 0 unspecified atom stereocenters. The fourth-order valence-electron chi connectivity index (χ4n) is 2.88. The maximum Gasteiger partial charge on any atom is 0.241 e. The van der Waals surface area contributed by atoms with E-state index >= 15 is 0 Å². The molecule has 1 aliphatic heterocycles. The fraction of sp³-hybridized carbons (Fsp3) is 0.500. The van der Waals surface area contributed by atoms with Gasteiger partial charge in [-0.1, -0.05) is 29.8 Å². The van der Waals surface area contributed by atoms with Crippen LogP contribution in [0.5, 0.6) is 0 Å². The van der Waals surface area contributed by atoms with Crippen molar-refractivity contribution in [2.24, 2.45) is 0 Å². The van der Waals surface area contributed by atoms with Crippen LogP contribution in [0.3, 0.4) is 0 Å². The van der Waals surface area contributed by atoms with Crippen LogP contribution in [0.2, 0.25) is 0 Å². The van der Waals surface area contributed by atoms with E-state index in [1.54, 1.807) is 32.1 Å². The van der Waals surface area contributed by atoms with E-state index in [-0.39, 0.29) is 11.0 Å². The molecule has 0 radical (unpaired) electrons. The largest absolute Gasteiger partial charge is 0.387 e. The van der Waals surface area contributed by atoms with E-state index in [0.29, 0.717) is 0 Å². The lowest BCUT2D eigenvalue weighted by Gasteiger charge is -2.32. The first kappa shape index (κ1) is 16.6. The lowest BCUT2D eigenvalue weighted by molar-refractivity contribution is -0.146. The number of hydrogen-bond donors (Lipinski definition) is 2. The first-order valence-corrected chi connectivity index (χ1v) is 8.97. The minimum atomic E-state index is -3.76. The van der Waals surface area contributed by atoms with Crippen LogP contribution in [0.4, 0.5) is 0 Å². The SMILES string of the molecule is Cc1ccc(S(=O)(=O)N[C@H]2[C@@H]3OC(C)(C)O[C@@H]3C=C[C@@H]2O)cc1. The Morgan fingerprint density at radius 1 is 1.13 bits per heavy atom. The topological polar surface area (TPSA) is 84.9 Å². The molecule has 0 spiro atoms. The summed E-state index contributed by atoms with van der Waals surface area (Å²) in [7, 11) is -3.76. The number of ether oxygens (including phenoxy) is 2. The van der Waals surface area contributed by atoms with E-state index in [4.69, 9.17) is 9.47 Å². The number of fused-ring (bicyclic) bond motifs is 1. The molecule has 1 aliphatic carbocycles. The minimum Gasteiger partial charge on any atom is -0.387 e. The molecule has 0 aromatic heterocycles. The van der Waals surface area contributed by atoms with Crippen LogP contribution >= 0.6 is 0 Å². The van der Waals surface area contributed by atoms with Gasteiger partial charge in [0.25, 0.3) is 0 Å². The summed E-state index contributed by atoms with van der Waals surface area (Å²) in [6, 6.07) is 5.73. The minimum absolute atomic E-state index is 0.152. The standard InChI is InChI=1S/C16H21NO5S/c1-10-4-6-11(7-5-10)23(19,20)17-14-12(18)8-9-13-15(14)22-16(2,3)21-13/h4-9,12-15,17-18H,1-3H3/t12-,13+,14+,15+/m0/s1. The van der Waals surface area contributed by atoms with Gasteiger partial charge in [-0.25, -0.2) is 13.1 Å². The Morgan fingerprint density at radius 2 is 1.78 bits per heavy atom. The van der Waals surface area contributed by atoms with E-state index in [1.165, 1.54) is 18.2 Å². The van der Waals surface area contributed by atoms with Crippen LogP contribution < -0.4 is 4.72 Å². The molecule has 1 saturated heterocycles. The number of rotatable bonds is 3. The highest BCUT2D eigenvalue weighted by Crippen LogP contribution is 2.34. The molecule has 2 aliphatic rings. The number of hydrogen-bond acceptors (Lipinski definition) is 5. The zero-order valence-electron chi connectivity index (χ0n) is 13.3. The van der Waals surface area contributed by atoms with Gasteiger partial charge < -0.3 is 14.6 Å². The van der Waals surface area contributed by atoms with Gasteiger partial charge in [0.1, 0.15) is 12.2 Å². The lowest BCUT2D eigenvalue weighted by Crippen LogP contribution is -2.55. The van der Waals surface area contributed by atoms with Crippen molar-refractivity contribution in [2.75, 3.05) is 0 Å². The number of aryl methyl sites for hydroxylation is 1. The Balaban J connectivity index is 1.86. The number of benzene rings is 1. The van der Waals surface area contributed by atoms with Crippen molar-refractivity contribution in [1.82, 2.24) is 4.72 Å². The molecule has 1 aromatic carbocycles. The van der Waals surface area contributed by atoms with Gasteiger partial charge in [0.05, 0.1) is 17.0 Å². The van der Waals surface area contributed by atoms with Crippen LogP contribution in [0, 0.1) is 6.92 Å². The molecular formula is C16H21NO5S. The van der Waals surface area contributed by atoms with Gasteiger partial charge in [-0.15, -0.1) is 0 Å². The molecule has 4 atom stereocenters. The molecular weight excluding hydrogens is 318 g/mol. The van der Waals surface area contributed by atoms with E-state index in [1.807, 2.05) is 6.92 Å². The van der Waals surface area contributed by atoms with Crippen molar-refractivity contribution in [3.8, 4) is 0 Å². The Kier molecular flexibility index (Phi) is 4.10. The maximum absolute atomic E-state index is 12.6. The smallest absolute Gasteiger partial charge is 0.241 e. The number of aliphatic hydroxyl groups is 1. The third-order valence-electron chi connectivity index (χ3n) is 4.01. The summed E-state index contributed by atoms with van der Waals surface area (Å²) in [5, 5.41) is 10.2. The van der Waals surface area contributed by atoms with Crippen LogP contribution in [-0.4, -0.2) is 43.7 Å². The highest BCUT2D eigenvalue weighted by atomic mass is 32.2. The summed E-state index contributed by atoms with van der Waals surface area (Å²) in [6.45, 7) is 5.41. The van der Waals surface area contributed by atoms with Crippen LogP contribution in [-0.2, 0) is 19.5 Å². The zero-order chi connectivity index (χ0) is 16.8. The first-order valence-electron chi connectivity index (χ1n) is 7.49. The van der Waals surface area contributed by atoms with Gasteiger partial charge in [0.2, 0.25) is 10.0 Å². The summed E-state index contributed by atoms with van der Waals surface area (Å²) in [5.74, 6) is -0.822. The predicted molar refractivity (Wildman–Crippen MR) is 84.3 cm³/mol. The highest BCUT2D eigenvalue weighted by molar-refractivity contribution is 7.89. The molecule has 3 rings (SSSR count). The molecule has 0 amide bonds. The Morgan fingerprint density at radius 3 is 2.43 bits per heavy atom. The normalized spacial score (nSPS) is 32.7. The second-order valence-corrected chi connectivity index (χ2v) is 8.11. The highest BCUT2D eigenvalue weighted by Gasteiger charge is 2.49. The maximum atomic E-state index is 12.6. The van der Waals surface area contributed by atoms with Gasteiger partial charge in [-0.2, -0.15) is 0 Å². The lowest BCUT2D eigenvalue weighted by atomic mass is 9.95. The van der Waals surface area contributed by atoms with Gasteiger partial charge >= 0.3 is 0 Å². The number of sulfonamides is 1. The summed E-state index contributed by atoms with van der Waals surface area (Å²) < 4.78 is 39.2. The van der Waals surface area contributed by atoms with Crippen molar-refractivity contribution >= 4 is 10.0 Å². The van der Waals surface area contributed by atoms with Crippen LogP contribution in [0.25, 0.3) is 0 Å². The van der Waals surface area contributed by atoms with Crippen molar-refractivity contribution in [2.45, 2.75) is 55.8 Å². The van der Waals surface area contributed by atoms with E-state index in [0.717, 1.165) is 5.56 Å². The third kappa shape index (κ3) is 3.34. The average Bonchev–Trinajstić information content (AvgIpc) is 2.77. The molecule has 2 N–H and O–H groups in total. The van der Waals surface area contributed by atoms with E-state index in [2.05, 4.69) is 4.72 Å². The van der Waals surface area contributed by atoms with E-state index in [9.17, 15) is 13.5 Å². The molecule has 23 heavy (non-hydrogen) atoms. The molecule has 1 heterocycles. The molecule has 0 bridgehead atoms. The monoisotopic (exact) mass is 339 g/mol. The second-order valence-electron chi connectivity index (χ2n) is 6.40. The van der Waals surface area contributed by atoms with Crippen molar-refractivity contribution in [3.05, 3.63) is 42.0 Å². The van der Waals surface area contributed by atoms with Crippen LogP contribution in [0.15, 0.2) is 41.3 Å². The molecule has 1 fully saturated rings. The molecule has 0 saturated carbocycles. The Hall–Kier alpha value is -1.25. The van der Waals surface area contributed by atoms with Crippen molar-refractivity contribution < 1.29 is 23.0 Å². The molecule has 6 nitrogen and oxygen atoms in total. The van der Waals surface area contributed by atoms with E-state index < -0.39 is 34.1 Å². The Labute approximate surface area is 136 Å². The predicted octanol–water partition coefficient (Wildman–Crippen LogP) is 1.09. The van der Waals surface area contributed by atoms with Gasteiger partial charge in [-0.05, 0) is 32.9 Å². The summed E-state index contributed by atoms with van der Waals surface area (Å²) >= 11 is 0. The quantitative estimate of drug-likeness (QED) is 0.806. The van der Waals surface area contributed by atoms with Crippen molar-refractivity contribution in [3.63, 3.8) is 0 Å². The third-order valence-corrected chi connectivity index (χ3v) is 5.48. The average molecular weight is 339 g/mol. The summed E-state index contributed by atoms with van der Waals surface area (Å²) in [4.78, 5) is 0.152. The Bertz CT molecular complexity index is 710. The van der Waals surface area contributed by atoms with Gasteiger partial charge in [0, 0.05) is 0 Å². The summed E-state index contributed by atoms with van der Waals surface area (Å²) in [6.07, 6.45) is 1.30. The van der Waals surface area contributed by atoms with Gasteiger partial charge in [0.15, 0.2) is 5.79 Å². The number of aliphatic hydroxyl groups excluding tert-OH is 1. The molecule has 126 valence electrons. The molecule has 7 heteroatoms. The molecule has 1 aromatic rings. The van der Waals surface area contributed by atoms with Crippen molar-refractivity contribution in [1.29, 1.82) is 0 Å². The number of nitrogens with one attached hydrogen (secondary N) is 1. The second kappa shape index (κ2) is 5.68. The van der Waals surface area contributed by atoms with Crippen LogP contribution in [0.1, 0.15) is 19.4 Å². The fourth-order valence-corrected chi connectivity index (χ4v) is 4.14. The summed E-state index contributed by atoms with van der Waals surface area (Å²) in [5.41, 5.74) is 0.971. The first-order chi connectivity index (χ1) is 10.7. The zero-order valence-corrected chi connectivity index (χ0v) is 14.1.